The number of hydrogen-bond acceptors (Lipinski definition) is 2. The molecule has 2 heteroatoms. The highest BCUT2D eigenvalue weighted by molar-refractivity contribution is 5.94. The van der Waals surface area contributed by atoms with Crippen LogP contribution in [0.2, 0.25) is 0 Å². The van der Waals surface area contributed by atoms with Crippen molar-refractivity contribution in [2.24, 2.45) is 4.99 Å². The molecule has 1 saturated carbocycles. The van der Waals surface area contributed by atoms with Gasteiger partial charge >= 0.3 is 0 Å². The summed E-state index contributed by atoms with van der Waals surface area (Å²) < 4.78 is 5.47. The van der Waals surface area contributed by atoms with Crippen LogP contribution >= 0.6 is 0 Å². The Morgan fingerprint density at radius 3 is 2.41 bits per heavy atom. The SMILES string of the molecule is c1cc(C2CCCCC2)ccc1C1=NCCO1. The molecule has 3 rings (SSSR count). The van der Waals surface area contributed by atoms with Crippen molar-refractivity contribution in [1.82, 2.24) is 0 Å². The van der Waals surface area contributed by atoms with Gasteiger partial charge in [-0.05, 0) is 36.5 Å². The van der Waals surface area contributed by atoms with Gasteiger partial charge in [-0.25, -0.2) is 4.99 Å². The maximum Gasteiger partial charge on any atom is 0.216 e. The van der Waals surface area contributed by atoms with E-state index in [1.807, 2.05) is 0 Å². The highest BCUT2D eigenvalue weighted by Gasteiger charge is 2.16. The summed E-state index contributed by atoms with van der Waals surface area (Å²) in [6.45, 7) is 1.54. The number of hydrogen-bond donors (Lipinski definition) is 0. The second-order valence-corrected chi connectivity index (χ2v) is 4.99. The molecular formula is C15H19NO. The summed E-state index contributed by atoms with van der Waals surface area (Å²) in [6.07, 6.45) is 6.91. The summed E-state index contributed by atoms with van der Waals surface area (Å²) in [5, 5.41) is 0. The Kier molecular flexibility index (Phi) is 3.12. The Labute approximate surface area is 103 Å². The van der Waals surface area contributed by atoms with E-state index in [9.17, 15) is 0 Å². The molecule has 0 aromatic heterocycles. The van der Waals surface area contributed by atoms with Crippen molar-refractivity contribution < 1.29 is 4.74 Å². The van der Waals surface area contributed by atoms with E-state index < -0.39 is 0 Å². The molecule has 0 atom stereocenters. The van der Waals surface area contributed by atoms with Gasteiger partial charge in [0.05, 0.1) is 6.54 Å². The Bertz CT molecular complexity index is 401. The normalized spacial score (nSPS) is 21.1. The van der Waals surface area contributed by atoms with Crippen molar-refractivity contribution >= 4 is 5.90 Å². The number of benzene rings is 1. The van der Waals surface area contributed by atoms with Gasteiger partial charge in [0, 0.05) is 5.56 Å². The number of ether oxygens (including phenoxy) is 1. The van der Waals surface area contributed by atoms with E-state index in [1.54, 1.807) is 0 Å². The summed E-state index contributed by atoms with van der Waals surface area (Å²) in [6, 6.07) is 8.84. The molecule has 1 fully saturated rings. The van der Waals surface area contributed by atoms with Crippen LogP contribution in [0.1, 0.15) is 49.1 Å². The van der Waals surface area contributed by atoms with Crippen LogP contribution < -0.4 is 0 Å². The number of rotatable bonds is 2. The lowest BCUT2D eigenvalue weighted by atomic mass is 9.84. The molecular weight excluding hydrogens is 210 g/mol. The van der Waals surface area contributed by atoms with Crippen molar-refractivity contribution in [3.63, 3.8) is 0 Å². The third kappa shape index (κ3) is 2.36. The Morgan fingerprint density at radius 1 is 1.00 bits per heavy atom. The molecule has 17 heavy (non-hydrogen) atoms. The van der Waals surface area contributed by atoms with E-state index in [-0.39, 0.29) is 0 Å². The molecule has 2 nitrogen and oxygen atoms in total. The van der Waals surface area contributed by atoms with E-state index in [0.717, 1.165) is 30.5 Å². The summed E-state index contributed by atoms with van der Waals surface area (Å²) in [5.74, 6) is 1.60. The van der Waals surface area contributed by atoms with Crippen LogP contribution in [0.5, 0.6) is 0 Å². The van der Waals surface area contributed by atoms with Crippen molar-refractivity contribution in [3.05, 3.63) is 35.4 Å². The van der Waals surface area contributed by atoms with Crippen LogP contribution in [-0.4, -0.2) is 19.0 Å². The van der Waals surface area contributed by atoms with Gasteiger partial charge in [0.25, 0.3) is 0 Å². The van der Waals surface area contributed by atoms with Crippen molar-refractivity contribution in [3.8, 4) is 0 Å². The average Bonchev–Trinajstić information content (AvgIpc) is 2.94. The highest BCUT2D eigenvalue weighted by atomic mass is 16.5. The molecule has 1 aliphatic heterocycles. The summed E-state index contributed by atoms with van der Waals surface area (Å²) in [4.78, 5) is 4.34. The molecule has 0 spiro atoms. The first-order chi connectivity index (χ1) is 8.43. The molecule has 0 radical (unpaired) electrons. The predicted octanol–water partition coefficient (Wildman–Crippen LogP) is 3.51. The number of aliphatic imine (C=N–C) groups is 1. The van der Waals surface area contributed by atoms with E-state index in [4.69, 9.17) is 4.74 Å². The molecule has 1 aliphatic carbocycles. The van der Waals surface area contributed by atoms with Crippen LogP contribution in [0, 0.1) is 0 Å². The van der Waals surface area contributed by atoms with E-state index in [0.29, 0.717) is 0 Å². The Balaban J connectivity index is 1.75. The first-order valence-corrected chi connectivity index (χ1v) is 6.71. The van der Waals surface area contributed by atoms with Gasteiger partial charge in [-0.1, -0.05) is 31.4 Å². The molecule has 1 aromatic rings. The Morgan fingerprint density at radius 2 is 1.76 bits per heavy atom. The standard InChI is InChI=1S/C15H19NO/c1-2-4-12(5-3-1)13-6-8-14(9-7-13)15-16-10-11-17-15/h6-9,12H,1-5,10-11H2. The second kappa shape index (κ2) is 4.91. The van der Waals surface area contributed by atoms with E-state index in [1.165, 1.54) is 37.7 Å². The molecule has 2 aliphatic rings. The lowest BCUT2D eigenvalue weighted by Crippen LogP contribution is -2.05. The first-order valence-electron chi connectivity index (χ1n) is 6.71. The zero-order valence-corrected chi connectivity index (χ0v) is 10.2. The summed E-state index contributed by atoms with van der Waals surface area (Å²) >= 11 is 0. The maximum atomic E-state index is 5.47. The highest BCUT2D eigenvalue weighted by Crippen LogP contribution is 2.32. The largest absolute Gasteiger partial charge is 0.476 e. The zero-order chi connectivity index (χ0) is 11.5. The predicted molar refractivity (Wildman–Crippen MR) is 69.6 cm³/mol. The number of nitrogens with zero attached hydrogens (tertiary/aromatic N) is 1. The van der Waals surface area contributed by atoms with Crippen molar-refractivity contribution in [2.45, 2.75) is 38.0 Å². The van der Waals surface area contributed by atoms with Crippen LogP contribution in [-0.2, 0) is 4.74 Å². The molecule has 0 N–H and O–H groups in total. The third-order valence-electron chi connectivity index (χ3n) is 3.82. The topological polar surface area (TPSA) is 21.6 Å². The lowest BCUT2D eigenvalue weighted by Gasteiger charge is -2.22. The van der Waals surface area contributed by atoms with Gasteiger partial charge in [0.15, 0.2) is 0 Å². The van der Waals surface area contributed by atoms with Crippen molar-refractivity contribution in [1.29, 1.82) is 0 Å². The maximum absolute atomic E-state index is 5.47. The molecule has 1 heterocycles. The van der Waals surface area contributed by atoms with Gasteiger partial charge in [-0.2, -0.15) is 0 Å². The van der Waals surface area contributed by atoms with Crippen LogP contribution in [0.3, 0.4) is 0 Å². The van der Waals surface area contributed by atoms with Gasteiger partial charge < -0.3 is 4.74 Å². The Hall–Kier alpha value is -1.31. The van der Waals surface area contributed by atoms with Gasteiger partial charge in [-0.3, -0.25) is 0 Å². The van der Waals surface area contributed by atoms with Crippen LogP contribution in [0.15, 0.2) is 29.3 Å². The van der Waals surface area contributed by atoms with Gasteiger partial charge in [-0.15, -0.1) is 0 Å². The molecule has 0 unspecified atom stereocenters. The average molecular weight is 229 g/mol. The van der Waals surface area contributed by atoms with E-state index >= 15 is 0 Å². The summed E-state index contributed by atoms with van der Waals surface area (Å²) in [7, 11) is 0. The molecule has 0 saturated heterocycles. The fraction of sp³-hybridized carbons (Fsp3) is 0.533. The second-order valence-electron chi connectivity index (χ2n) is 4.99. The smallest absolute Gasteiger partial charge is 0.216 e. The molecule has 0 bridgehead atoms. The summed E-state index contributed by atoms with van der Waals surface area (Å²) in [5.41, 5.74) is 2.62. The lowest BCUT2D eigenvalue weighted by molar-refractivity contribution is 0.348. The minimum atomic E-state index is 0.736. The fourth-order valence-corrected chi connectivity index (χ4v) is 2.84. The monoisotopic (exact) mass is 229 g/mol. The first kappa shape index (κ1) is 10.8. The van der Waals surface area contributed by atoms with Crippen molar-refractivity contribution in [2.75, 3.05) is 13.2 Å². The van der Waals surface area contributed by atoms with Gasteiger partial charge in [0.1, 0.15) is 6.61 Å². The van der Waals surface area contributed by atoms with Crippen LogP contribution in [0.4, 0.5) is 0 Å². The molecule has 1 aromatic carbocycles. The van der Waals surface area contributed by atoms with Gasteiger partial charge in [0.2, 0.25) is 5.90 Å². The third-order valence-corrected chi connectivity index (χ3v) is 3.82. The fourth-order valence-electron chi connectivity index (χ4n) is 2.84. The quantitative estimate of drug-likeness (QED) is 0.760. The van der Waals surface area contributed by atoms with E-state index in [2.05, 4.69) is 29.3 Å². The molecule has 90 valence electrons. The molecule has 0 amide bonds. The zero-order valence-electron chi connectivity index (χ0n) is 10.2. The minimum absolute atomic E-state index is 0.736. The van der Waals surface area contributed by atoms with Crippen LogP contribution in [0.25, 0.3) is 0 Å². The minimum Gasteiger partial charge on any atom is -0.476 e.